The SMILES string of the molecule is CCS(=O)(=O)Nc1cc(-c2cn(C)c(=O)c3[nH]ccc23)c(Oc2ccc(F)cc2F)cc1CN1CCCCC1. The van der Waals surface area contributed by atoms with Gasteiger partial charge in [-0.15, -0.1) is 0 Å². The van der Waals surface area contributed by atoms with Gasteiger partial charge < -0.3 is 14.3 Å². The number of hydrogen-bond acceptors (Lipinski definition) is 5. The number of sulfonamides is 1. The number of nitrogens with zero attached hydrogens (tertiary/aromatic N) is 2. The van der Waals surface area contributed by atoms with Gasteiger partial charge in [-0.1, -0.05) is 6.42 Å². The molecule has 0 aliphatic carbocycles. The molecule has 3 heterocycles. The number of halogens is 2. The first-order valence-electron chi connectivity index (χ1n) is 12.8. The Morgan fingerprint density at radius 2 is 1.79 bits per heavy atom. The number of H-pyrrole nitrogens is 1. The summed E-state index contributed by atoms with van der Waals surface area (Å²) in [6.07, 6.45) is 6.50. The molecule has 1 saturated heterocycles. The lowest BCUT2D eigenvalue weighted by Gasteiger charge is -2.28. The average molecular weight is 557 g/mol. The number of hydrogen-bond donors (Lipinski definition) is 2. The number of aryl methyl sites for hydroxylation is 1. The number of nitrogens with one attached hydrogen (secondary N) is 2. The summed E-state index contributed by atoms with van der Waals surface area (Å²) >= 11 is 0. The van der Waals surface area contributed by atoms with Gasteiger partial charge in [0.2, 0.25) is 10.0 Å². The fourth-order valence-electron chi connectivity index (χ4n) is 4.90. The Bertz CT molecular complexity index is 1690. The van der Waals surface area contributed by atoms with E-state index in [1.165, 1.54) is 10.6 Å². The van der Waals surface area contributed by atoms with Crippen LogP contribution in [0.2, 0.25) is 0 Å². The smallest absolute Gasteiger partial charge is 0.274 e. The zero-order chi connectivity index (χ0) is 27.7. The van der Waals surface area contributed by atoms with Crippen molar-refractivity contribution in [2.24, 2.45) is 7.05 Å². The topological polar surface area (TPSA) is 96.4 Å². The first-order chi connectivity index (χ1) is 18.6. The van der Waals surface area contributed by atoms with E-state index in [1.54, 1.807) is 44.6 Å². The Kier molecular flexibility index (Phi) is 7.46. The maximum absolute atomic E-state index is 14.7. The molecule has 2 aromatic carbocycles. The van der Waals surface area contributed by atoms with Gasteiger partial charge in [-0.05, 0) is 68.8 Å². The third-order valence-electron chi connectivity index (χ3n) is 6.99. The van der Waals surface area contributed by atoms with E-state index in [2.05, 4.69) is 14.6 Å². The van der Waals surface area contributed by atoms with Crippen molar-refractivity contribution in [1.82, 2.24) is 14.5 Å². The van der Waals surface area contributed by atoms with Gasteiger partial charge in [0, 0.05) is 48.6 Å². The summed E-state index contributed by atoms with van der Waals surface area (Å²) < 4.78 is 63.9. The van der Waals surface area contributed by atoms with Crippen molar-refractivity contribution in [1.29, 1.82) is 0 Å². The second-order valence-electron chi connectivity index (χ2n) is 9.75. The first-order valence-corrected chi connectivity index (χ1v) is 14.5. The molecule has 206 valence electrons. The molecular weight excluding hydrogens is 526 g/mol. The van der Waals surface area contributed by atoms with Gasteiger partial charge >= 0.3 is 0 Å². The number of likely N-dealkylation sites (tertiary alicyclic amines) is 1. The minimum atomic E-state index is -3.64. The highest BCUT2D eigenvalue weighted by molar-refractivity contribution is 7.92. The van der Waals surface area contributed by atoms with E-state index in [1.807, 2.05) is 0 Å². The molecule has 0 unspecified atom stereocenters. The van der Waals surface area contributed by atoms with Crippen LogP contribution in [0, 0.1) is 11.6 Å². The van der Waals surface area contributed by atoms with Crippen LogP contribution >= 0.6 is 0 Å². The van der Waals surface area contributed by atoms with E-state index in [0.29, 0.717) is 39.8 Å². The molecular formula is C28H30F2N4O4S. The number of piperidine rings is 1. The van der Waals surface area contributed by atoms with Gasteiger partial charge in [0.05, 0.1) is 11.4 Å². The van der Waals surface area contributed by atoms with Crippen molar-refractivity contribution in [3.63, 3.8) is 0 Å². The summed E-state index contributed by atoms with van der Waals surface area (Å²) in [5, 5.41) is 0.593. The first kappa shape index (κ1) is 26.9. The number of fused-ring (bicyclic) bond motifs is 1. The highest BCUT2D eigenvalue weighted by atomic mass is 32.2. The molecule has 1 aliphatic heterocycles. The van der Waals surface area contributed by atoms with Gasteiger partial charge in [0.25, 0.3) is 5.56 Å². The van der Waals surface area contributed by atoms with Gasteiger partial charge in [-0.25, -0.2) is 17.2 Å². The molecule has 0 spiro atoms. The average Bonchev–Trinajstić information content (AvgIpc) is 3.40. The monoisotopic (exact) mass is 556 g/mol. The second-order valence-corrected chi connectivity index (χ2v) is 11.8. The summed E-state index contributed by atoms with van der Waals surface area (Å²) in [4.78, 5) is 17.9. The number of aromatic amines is 1. The van der Waals surface area contributed by atoms with Crippen LogP contribution in [0.5, 0.6) is 11.5 Å². The molecule has 0 bridgehead atoms. The number of pyridine rings is 1. The molecule has 0 atom stereocenters. The van der Waals surface area contributed by atoms with E-state index in [4.69, 9.17) is 4.74 Å². The predicted octanol–water partition coefficient (Wildman–Crippen LogP) is 5.35. The van der Waals surface area contributed by atoms with E-state index < -0.39 is 21.7 Å². The predicted molar refractivity (Wildman–Crippen MR) is 148 cm³/mol. The van der Waals surface area contributed by atoms with E-state index in [0.717, 1.165) is 44.5 Å². The summed E-state index contributed by atoms with van der Waals surface area (Å²) in [5.41, 5.74) is 2.18. The Morgan fingerprint density at radius 1 is 1.03 bits per heavy atom. The molecule has 1 fully saturated rings. The Labute approximate surface area is 225 Å². The van der Waals surface area contributed by atoms with Crippen molar-refractivity contribution >= 4 is 26.6 Å². The fraction of sp³-hybridized carbons (Fsp3) is 0.321. The highest BCUT2D eigenvalue weighted by Gasteiger charge is 2.22. The van der Waals surface area contributed by atoms with Crippen LogP contribution in [0.25, 0.3) is 22.0 Å². The van der Waals surface area contributed by atoms with Crippen LogP contribution in [0.1, 0.15) is 31.7 Å². The lowest BCUT2D eigenvalue weighted by atomic mass is 9.99. The van der Waals surface area contributed by atoms with Crippen LogP contribution < -0.4 is 15.0 Å². The summed E-state index contributed by atoms with van der Waals surface area (Å²) in [6, 6.07) is 8.15. The van der Waals surface area contributed by atoms with Crippen LogP contribution in [0.4, 0.5) is 14.5 Å². The largest absolute Gasteiger partial charge is 0.454 e. The Morgan fingerprint density at radius 3 is 2.51 bits per heavy atom. The number of anilines is 1. The van der Waals surface area contributed by atoms with Crippen LogP contribution in [0.3, 0.4) is 0 Å². The molecule has 5 rings (SSSR count). The third-order valence-corrected chi connectivity index (χ3v) is 8.28. The molecule has 0 radical (unpaired) electrons. The summed E-state index contributed by atoms with van der Waals surface area (Å²) in [6.45, 7) is 3.75. The Balaban J connectivity index is 1.74. The standard InChI is InChI=1S/C28H30F2N4O4S/c1-3-39(36,37)32-24-15-21(22-17-33(2)28(35)27-20(22)9-10-31-27)26(38-25-8-7-19(29)14-23(25)30)13-18(24)16-34-11-5-4-6-12-34/h7-10,13-15,17,31-32H,3-6,11-12,16H2,1-2H3. The molecule has 39 heavy (non-hydrogen) atoms. The summed E-state index contributed by atoms with van der Waals surface area (Å²) in [5.74, 6) is -1.66. The van der Waals surface area contributed by atoms with Crippen molar-refractivity contribution < 1.29 is 21.9 Å². The summed E-state index contributed by atoms with van der Waals surface area (Å²) in [7, 11) is -2.03. The van der Waals surface area contributed by atoms with Crippen molar-refractivity contribution in [2.75, 3.05) is 23.6 Å². The molecule has 11 heteroatoms. The maximum atomic E-state index is 14.7. The molecule has 2 N–H and O–H groups in total. The number of rotatable bonds is 8. The maximum Gasteiger partial charge on any atom is 0.274 e. The van der Waals surface area contributed by atoms with Gasteiger partial charge in [-0.3, -0.25) is 14.4 Å². The van der Waals surface area contributed by atoms with Crippen LogP contribution in [-0.2, 0) is 23.6 Å². The minimum Gasteiger partial charge on any atom is -0.454 e. The normalized spacial score (nSPS) is 14.6. The molecule has 0 amide bonds. The molecule has 2 aromatic heterocycles. The Hall–Kier alpha value is -3.70. The zero-order valence-corrected chi connectivity index (χ0v) is 22.6. The van der Waals surface area contributed by atoms with Crippen molar-refractivity contribution in [3.05, 3.63) is 76.3 Å². The molecule has 1 aliphatic rings. The third kappa shape index (κ3) is 5.69. The number of ether oxygens (including phenoxy) is 1. The molecule has 8 nitrogen and oxygen atoms in total. The lowest BCUT2D eigenvalue weighted by molar-refractivity contribution is 0.221. The zero-order valence-electron chi connectivity index (χ0n) is 21.8. The molecule has 0 saturated carbocycles. The van der Waals surface area contributed by atoms with Crippen molar-refractivity contribution in [2.45, 2.75) is 32.7 Å². The van der Waals surface area contributed by atoms with Gasteiger partial charge in [0.15, 0.2) is 11.6 Å². The second kappa shape index (κ2) is 10.8. The van der Waals surface area contributed by atoms with E-state index in [-0.39, 0.29) is 22.8 Å². The van der Waals surface area contributed by atoms with Gasteiger partial charge in [-0.2, -0.15) is 0 Å². The van der Waals surface area contributed by atoms with Gasteiger partial charge in [0.1, 0.15) is 17.1 Å². The fourth-order valence-corrected chi connectivity index (χ4v) is 5.57. The number of aromatic nitrogens is 2. The lowest BCUT2D eigenvalue weighted by Crippen LogP contribution is -2.29. The van der Waals surface area contributed by atoms with Crippen molar-refractivity contribution in [3.8, 4) is 22.6 Å². The quantitative estimate of drug-likeness (QED) is 0.305. The van der Waals surface area contributed by atoms with E-state index >= 15 is 0 Å². The van der Waals surface area contributed by atoms with E-state index in [9.17, 15) is 22.0 Å². The van der Waals surface area contributed by atoms with Crippen LogP contribution in [-0.4, -0.2) is 41.7 Å². The highest BCUT2D eigenvalue weighted by Crippen LogP contribution is 2.41. The van der Waals surface area contributed by atoms with Crippen LogP contribution in [0.15, 0.2) is 53.6 Å². The molecule has 4 aromatic rings. The minimum absolute atomic E-state index is 0.119. The number of benzene rings is 2.